The first-order valence-electron chi connectivity index (χ1n) is 5.48. The fourth-order valence-electron chi connectivity index (χ4n) is 1.60. The molecule has 0 aromatic heterocycles. The number of carbonyl (C=O) groups is 2. The summed E-state index contributed by atoms with van der Waals surface area (Å²) in [4.78, 5) is 22.5. The van der Waals surface area contributed by atoms with Crippen LogP contribution < -0.4 is 11.1 Å². The molecule has 0 aliphatic heterocycles. The van der Waals surface area contributed by atoms with E-state index in [2.05, 4.69) is 5.32 Å². The van der Waals surface area contributed by atoms with Crippen LogP contribution in [0.1, 0.15) is 36.7 Å². The molecule has 0 unspecified atom stereocenters. The van der Waals surface area contributed by atoms with Crippen molar-refractivity contribution < 1.29 is 9.59 Å². The van der Waals surface area contributed by atoms with Gasteiger partial charge < -0.3 is 11.1 Å². The summed E-state index contributed by atoms with van der Waals surface area (Å²) in [6.07, 6.45) is 0. The van der Waals surface area contributed by atoms with Gasteiger partial charge in [-0.05, 0) is 17.0 Å². The molecule has 0 saturated heterocycles. The molecule has 0 radical (unpaired) electrons. The molecule has 0 heterocycles. The zero-order valence-corrected chi connectivity index (χ0v) is 10.4. The van der Waals surface area contributed by atoms with E-state index in [0.717, 1.165) is 5.56 Å². The highest BCUT2D eigenvalue weighted by Gasteiger charge is 2.20. The third kappa shape index (κ3) is 3.59. The second-order valence-electron chi connectivity index (χ2n) is 4.94. The minimum absolute atomic E-state index is 0.124. The summed E-state index contributed by atoms with van der Waals surface area (Å²) in [5.74, 6) is -0.819. The number of nitrogens with one attached hydrogen (secondary N) is 1. The molecular formula is C13H18N2O2. The van der Waals surface area contributed by atoms with Crippen molar-refractivity contribution in [1.29, 1.82) is 0 Å². The molecular weight excluding hydrogens is 216 g/mol. The Hall–Kier alpha value is -1.84. The van der Waals surface area contributed by atoms with Crippen LogP contribution in [0, 0.1) is 0 Å². The molecule has 0 atom stereocenters. The van der Waals surface area contributed by atoms with Crippen LogP contribution in [0.25, 0.3) is 0 Å². The average Bonchev–Trinajstić information content (AvgIpc) is 2.24. The summed E-state index contributed by atoms with van der Waals surface area (Å²) in [5, 5.41) is 2.50. The highest BCUT2D eigenvalue weighted by Crippen LogP contribution is 2.25. The van der Waals surface area contributed by atoms with E-state index in [1.807, 2.05) is 32.9 Å². The largest absolute Gasteiger partial charge is 0.368 e. The van der Waals surface area contributed by atoms with Crippen LogP contribution in [0.2, 0.25) is 0 Å². The highest BCUT2D eigenvalue weighted by molar-refractivity contribution is 5.97. The van der Waals surface area contributed by atoms with Crippen LogP contribution >= 0.6 is 0 Å². The lowest BCUT2D eigenvalue weighted by Gasteiger charge is -2.22. The van der Waals surface area contributed by atoms with Gasteiger partial charge in [-0.2, -0.15) is 0 Å². The van der Waals surface area contributed by atoms with Gasteiger partial charge in [-0.25, -0.2) is 0 Å². The molecule has 4 nitrogen and oxygen atoms in total. The Kier molecular flexibility index (Phi) is 3.89. The first-order valence-corrected chi connectivity index (χ1v) is 5.48. The van der Waals surface area contributed by atoms with E-state index in [9.17, 15) is 9.59 Å². The lowest BCUT2D eigenvalue weighted by atomic mass is 9.83. The van der Waals surface area contributed by atoms with Gasteiger partial charge in [0.2, 0.25) is 5.91 Å². The van der Waals surface area contributed by atoms with E-state index in [1.165, 1.54) is 0 Å². The number of hydrogen-bond acceptors (Lipinski definition) is 2. The van der Waals surface area contributed by atoms with Crippen LogP contribution in [0.15, 0.2) is 24.3 Å². The van der Waals surface area contributed by atoms with Crippen LogP contribution in [0.4, 0.5) is 0 Å². The normalized spacial score (nSPS) is 11.0. The standard InChI is InChI=1S/C13H18N2O2/c1-13(2,3)10-7-5-4-6-9(10)12(17)15-8-11(14)16/h4-7H,8H2,1-3H3,(H2,14,16)(H,15,17). The van der Waals surface area contributed by atoms with Crippen molar-refractivity contribution in [1.82, 2.24) is 5.32 Å². The number of carbonyl (C=O) groups excluding carboxylic acids is 2. The first-order chi connectivity index (χ1) is 7.82. The Morgan fingerprint density at radius 2 is 1.82 bits per heavy atom. The van der Waals surface area contributed by atoms with E-state index in [1.54, 1.807) is 12.1 Å². The van der Waals surface area contributed by atoms with Crippen LogP contribution in [-0.2, 0) is 10.2 Å². The quantitative estimate of drug-likeness (QED) is 0.824. The fraction of sp³-hybridized carbons (Fsp3) is 0.385. The summed E-state index contributed by atoms with van der Waals surface area (Å²) < 4.78 is 0. The Morgan fingerprint density at radius 3 is 2.35 bits per heavy atom. The van der Waals surface area contributed by atoms with Crippen molar-refractivity contribution in [3.63, 3.8) is 0 Å². The number of amides is 2. The van der Waals surface area contributed by atoms with Gasteiger partial charge in [-0.3, -0.25) is 9.59 Å². The predicted octanol–water partition coefficient (Wildman–Crippen LogP) is 1.20. The second-order valence-corrected chi connectivity index (χ2v) is 4.94. The maximum absolute atomic E-state index is 11.9. The van der Waals surface area contributed by atoms with Crippen LogP contribution in [0.3, 0.4) is 0 Å². The summed E-state index contributed by atoms with van der Waals surface area (Å²) in [6.45, 7) is 5.96. The molecule has 2 amide bonds. The Morgan fingerprint density at radius 1 is 1.24 bits per heavy atom. The fourth-order valence-corrected chi connectivity index (χ4v) is 1.60. The Labute approximate surface area is 101 Å². The minimum Gasteiger partial charge on any atom is -0.368 e. The molecule has 4 heteroatoms. The average molecular weight is 234 g/mol. The molecule has 1 aromatic rings. The van der Waals surface area contributed by atoms with E-state index in [4.69, 9.17) is 5.73 Å². The molecule has 0 saturated carbocycles. The number of rotatable bonds is 3. The monoisotopic (exact) mass is 234 g/mol. The lowest BCUT2D eigenvalue weighted by Crippen LogP contribution is -2.34. The van der Waals surface area contributed by atoms with Gasteiger partial charge in [0.1, 0.15) is 0 Å². The van der Waals surface area contributed by atoms with E-state index >= 15 is 0 Å². The first kappa shape index (κ1) is 13.2. The predicted molar refractivity (Wildman–Crippen MR) is 66.7 cm³/mol. The SMILES string of the molecule is CC(C)(C)c1ccccc1C(=O)NCC(N)=O. The smallest absolute Gasteiger partial charge is 0.252 e. The third-order valence-electron chi connectivity index (χ3n) is 2.40. The van der Waals surface area contributed by atoms with E-state index in [0.29, 0.717) is 5.56 Å². The Balaban J connectivity index is 2.98. The third-order valence-corrected chi connectivity index (χ3v) is 2.40. The highest BCUT2D eigenvalue weighted by atomic mass is 16.2. The number of benzene rings is 1. The molecule has 92 valence electrons. The maximum Gasteiger partial charge on any atom is 0.252 e. The lowest BCUT2D eigenvalue weighted by molar-refractivity contribution is -0.117. The van der Waals surface area contributed by atoms with Crippen molar-refractivity contribution in [2.75, 3.05) is 6.54 Å². The maximum atomic E-state index is 11.9. The number of primary amides is 1. The van der Waals surface area contributed by atoms with Gasteiger partial charge in [-0.1, -0.05) is 39.0 Å². The van der Waals surface area contributed by atoms with Gasteiger partial charge in [0.05, 0.1) is 6.54 Å². The van der Waals surface area contributed by atoms with Crippen molar-refractivity contribution in [2.24, 2.45) is 5.73 Å². The van der Waals surface area contributed by atoms with Crippen molar-refractivity contribution in [2.45, 2.75) is 26.2 Å². The van der Waals surface area contributed by atoms with E-state index in [-0.39, 0.29) is 17.9 Å². The van der Waals surface area contributed by atoms with Crippen LogP contribution in [0.5, 0.6) is 0 Å². The minimum atomic E-state index is -0.549. The molecule has 1 rings (SSSR count). The van der Waals surface area contributed by atoms with Crippen molar-refractivity contribution in [3.05, 3.63) is 35.4 Å². The number of nitrogens with two attached hydrogens (primary N) is 1. The summed E-state index contributed by atoms with van der Waals surface area (Å²) in [5.41, 5.74) is 6.40. The molecule has 0 fully saturated rings. The molecule has 0 aliphatic rings. The summed E-state index contributed by atoms with van der Waals surface area (Å²) >= 11 is 0. The zero-order chi connectivity index (χ0) is 13.1. The molecule has 0 spiro atoms. The topological polar surface area (TPSA) is 72.2 Å². The van der Waals surface area contributed by atoms with Gasteiger partial charge in [0.15, 0.2) is 0 Å². The number of hydrogen-bond donors (Lipinski definition) is 2. The molecule has 17 heavy (non-hydrogen) atoms. The zero-order valence-electron chi connectivity index (χ0n) is 10.4. The van der Waals surface area contributed by atoms with Gasteiger partial charge >= 0.3 is 0 Å². The summed E-state index contributed by atoms with van der Waals surface area (Å²) in [7, 11) is 0. The Bertz CT molecular complexity index is 433. The van der Waals surface area contributed by atoms with E-state index < -0.39 is 5.91 Å². The van der Waals surface area contributed by atoms with Gasteiger partial charge in [0, 0.05) is 5.56 Å². The molecule has 0 aliphatic carbocycles. The second kappa shape index (κ2) is 4.99. The van der Waals surface area contributed by atoms with Gasteiger partial charge in [0.25, 0.3) is 5.91 Å². The van der Waals surface area contributed by atoms with Gasteiger partial charge in [-0.15, -0.1) is 0 Å². The molecule has 1 aromatic carbocycles. The van der Waals surface area contributed by atoms with Crippen LogP contribution in [-0.4, -0.2) is 18.4 Å². The summed E-state index contributed by atoms with van der Waals surface area (Å²) in [6, 6.07) is 7.36. The molecule has 0 bridgehead atoms. The molecule has 3 N–H and O–H groups in total. The van der Waals surface area contributed by atoms with Crippen molar-refractivity contribution in [3.8, 4) is 0 Å². The van der Waals surface area contributed by atoms with Crippen molar-refractivity contribution >= 4 is 11.8 Å².